The highest BCUT2D eigenvalue weighted by Gasteiger charge is 2.50. The second-order valence-corrected chi connectivity index (χ2v) is 11.7. The molecule has 35 heavy (non-hydrogen) atoms. The van der Waals surface area contributed by atoms with Crippen LogP contribution in [0.1, 0.15) is 43.9 Å². The van der Waals surface area contributed by atoms with Crippen LogP contribution in [-0.2, 0) is 25.3 Å². The zero-order valence-corrected chi connectivity index (χ0v) is 20.5. The van der Waals surface area contributed by atoms with Gasteiger partial charge in [0.05, 0.1) is 28.2 Å². The minimum Gasteiger partial charge on any atom is -0.381 e. The number of carbonyl (C=O) groups excluding carboxylic acids is 1. The minimum absolute atomic E-state index is 0.00347. The van der Waals surface area contributed by atoms with Crippen molar-refractivity contribution in [2.45, 2.75) is 67.2 Å². The van der Waals surface area contributed by atoms with E-state index in [0.717, 1.165) is 0 Å². The Morgan fingerprint density at radius 3 is 2.49 bits per heavy atom. The van der Waals surface area contributed by atoms with Gasteiger partial charge in [0.25, 0.3) is 5.92 Å². The third kappa shape index (κ3) is 4.93. The summed E-state index contributed by atoms with van der Waals surface area (Å²) < 4.78 is 62.0. The number of sulfone groups is 1. The summed E-state index contributed by atoms with van der Waals surface area (Å²) in [5, 5.41) is 10.9. The summed E-state index contributed by atoms with van der Waals surface area (Å²) >= 11 is 0. The van der Waals surface area contributed by atoms with Crippen molar-refractivity contribution in [1.29, 1.82) is 5.26 Å². The highest BCUT2D eigenvalue weighted by atomic mass is 32.2. The van der Waals surface area contributed by atoms with Gasteiger partial charge in [-0.2, -0.15) is 5.26 Å². The van der Waals surface area contributed by atoms with E-state index in [2.05, 4.69) is 16.4 Å². The standard InChI is InChI=1S/C25H27F2N3O4S/c1-15-10-17(6-9-29-15)16-4-5-22(20(11-16)24(2,26)27)35(32,33)18-12-19(21(13-18)34-3)23(31)30-25(14-28)7-8-25/h4-6,9-11,18-19,21H,7-8,12-13H2,1-3H3,(H,30,31)/t18-,19-,21-/m1/s1. The maximum Gasteiger partial charge on any atom is 0.271 e. The number of carbonyl (C=O) groups is 1. The van der Waals surface area contributed by atoms with Crippen molar-refractivity contribution in [1.82, 2.24) is 10.3 Å². The molecule has 4 rings (SSSR count). The Morgan fingerprint density at radius 1 is 1.23 bits per heavy atom. The van der Waals surface area contributed by atoms with Crippen LogP contribution in [0.3, 0.4) is 0 Å². The SMILES string of the molecule is CO[C@@H]1C[C@H](S(=O)(=O)c2ccc(-c3ccnc(C)c3)cc2C(C)(F)F)C[C@H]1C(=O)NC1(C#N)CC1. The van der Waals surface area contributed by atoms with Crippen molar-refractivity contribution in [3.05, 3.63) is 47.8 Å². The number of halogens is 2. The molecule has 0 bridgehead atoms. The van der Waals surface area contributed by atoms with Gasteiger partial charge in [0, 0.05) is 31.5 Å². The summed E-state index contributed by atoms with van der Waals surface area (Å²) in [6.07, 6.45) is 1.87. The molecule has 2 saturated carbocycles. The van der Waals surface area contributed by atoms with E-state index in [4.69, 9.17) is 4.74 Å². The van der Waals surface area contributed by atoms with E-state index in [1.165, 1.54) is 25.3 Å². The molecule has 7 nitrogen and oxygen atoms in total. The Balaban J connectivity index is 1.67. The van der Waals surface area contributed by atoms with Gasteiger partial charge in [0.2, 0.25) is 5.91 Å². The molecule has 0 radical (unpaired) electrons. The second-order valence-electron chi connectivity index (χ2n) is 9.49. The van der Waals surface area contributed by atoms with E-state index < -0.39 is 54.9 Å². The van der Waals surface area contributed by atoms with Crippen molar-refractivity contribution in [2.75, 3.05) is 7.11 Å². The van der Waals surface area contributed by atoms with Crippen LogP contribution in [0.25, 0.3) is 11.1 Å². The lowest BCUT2D eigenvalue weighted by molar-refractivity contribution is -0.128. The van der Waals surface area contributed by atoms with Crippen LogP contribution < -0.4 is 5.32 Å². The van der Waals surface area contributed by atoms with Crippen molar-refractivity contribution in [3.8, 4) is 17.2 Å². The molecule has 0 saturated heterocycles. The second kappa shape index (κ2) is 8.95. The first-order chi connectivity index (χ1) is 16.4. The Labute approximate surface area is 203 Å². The number of hydrogen-bond donors (Lipinski definition) is 1. The minimum atomic E-state index is -4.22. The fraction of sp³-hybridized carbons (Fsp3) is 0.480. The van der Waals surface area contributed by atoms with Crippen LogP contribution in [0.2, 0.25) is 0 Å². The molecule has 1 amide bonds. The molecule has 0 aliphatic heterocycles. The summed E-state index contributed by atoms with van der Waals surface area (Å²) in [6.45, 7) is 2.45. The summed E-state index contributed by atoms with van der Waals surface area (Å²) in [4.78, 5) is 16.5. The van der Waals surface area contributed by atoms with Crippen molar-refractivity contribution < 1.29 is 26.7 Å². The maximum atomic E-state index is 14.7. The highest BCUT2D eigenvalue weighted by Crippen LogP contribution is 2.42. The number of amides is 1. The molecular formula is C25H27F2N3O4S. The number of nitriles is 1. The lowest BCUT2D eigenvalue weighted by atomic mass is 10.0. The third-order valence-corrected chi connectivity index (χ3v) is 9.09. The van der Waals surface area contributed by atoms with Crippen molar-refractivity contribution >= 4 is 15.7 Å². The van der Waals surface area contributed by atoms with Gasteiger partial charge < -0.3 is 10.1 Å². The molecule has 1 aromatic carbocycles. The Morgan fingerprint density at radius 2 is 1.91 bits per heavy atom. The monoisotopic (exact) mass is 503 g/mol. The number of methoxy groups -OCH3 is 1. The fourth-order valence-electron chi connectivity index (χ4n) is 4.67. The number of nitrogens with one attached hydrogen (secondary N) is 1. The third-order valence-electron chi connectivity index (χ3n) is 6.85. The molecule has 0 spiro atoms. The molecule has 186 valence electrons. The summed E-state index contributed by atoms with van der Waals surface area (Å²) in [7, 11) is -2.84. The Hall–Kier alpha value is -2.90. The van der Waals surface area contributed by atoms with E-state index in [-0.39, 0.29) is 12.8 Å². The van der Waals surface area contributed by atoms with Gasteiger partial charge in [0.1, 0.15) is 5.54 Å². The number of pyridine rings is 1. The summed E-state index contributed by atoms with van der Waals surface area (Å²) in [5.41, 5.74) is 0.318. The van der Waals surface area contributed by atoms with E-state index >= 15 is 0 Å². The van der Waals surface area contributed by atoms with Crippen LogP contribution in [0.15, 0.2) is 41.4 Å². The molecular weight excluding hydrogens is 476 g/mol. The van der Waals surface area contributed by atoms with E-state index in [1.807, 2.05) is 0 Å². The zero-order chi connectivity index (χ0) is 25.6. The molecule has 1 N–H and O–H groups in total. The topological polar surface area (TPSA) is 109 Å². The molecule has 2 aromatic rings. The highest BCUT2D eigenvalue weighted by molar-refractivity contribution is 7.92. The first-order valence-corrected chi connectivity index (χ1v) is 12.9. The van der Waals surface area contributed by atoms with E-state index in [9.17, 15) is 27.3 Å². The number of benzene rings is 1. The number of ether oxygens (including phenoxy) is 1. The van der Waals surface area contributed by atoms with Gasteiger partial charge in [-0.1, -0.05) is 6.07 Å². The van der Waals surface area contributed by atoms with Crippen LogP contribution in [0, 0.1) is 24.2 Å². The number of rotatable bonds is 7. The van der Waals surface area contributed by atoms with Gasteiger partial charge >= 0.3 is 0 Å². The predicted octanol–water partition coefficient (Wildman–Crippen LogP) is 3.91. The maximum absolute atomic E-state index is 14.7. The van der Waals surface area contributed by atoms with Crippen LogP contribution in [0.5, 0.6) is 0 Å². The van der Waals surface area contributed by atoms with Crippen LogP contribution >= 0.6 is 0 Å². The average Bonchev–Trinajstić information content (AvgIpc) is 3.43. The zero-order valence-electron chi connectivity index (χ0n) is 19.7. The lowest BCUT2D eigenvalue weighted by Gasteiger charge is -2.20. The number of aryl methyl sites for hydroxylation is 1. The lowest BCUT2D eigenvalue weighted by Crippen LogP contribution is -2.42. The molecule has 3 atom stereocenters. The molecule has 1 aromatic heterocycles. The number of alkyl halides is 2. The van der Waals surface area contributed by atoms with Gasteiger partial charge in [-0.05, 0) is 68.0 Å². The summed E-state index contributed by atoms with van der Waals surface area (Å²) in [5.74, 6) is -4.66. The Kier molecular flexibility index (Phi) is 6.45. The first kappa shape index (κ1) is 25.2. The molecule has 1 heterocycles. The molecule has 10 heteroatoms. The normalized spacial score (nSPS) is 23.5. The molecule has 2 aliphatic rings. The van der Waals surface area contributed by atoms with Crippen molar-refractivity contribution in [2.24, 2.45) is 5.92 Å². The number of aromatic nitrogens is 1. The quantitative estimate of drug-likeness (QED) is 0.614. The predicted molar refractivity (Wildman–Crippen MR) is 124 cm³/mol. The average molecular weight is 504 g/mol. The van der Waals surface area contributed by atoms with Gasteiger partial charge in [0.15, 0.2) is 9.84 Å². The molecule has 0 unspecified atom stereocenters. The summed E-state index contributed by atoms with van der Waals surface area (Å²) in [6, 6.07) is 9.42. The van der Waals surface area contributed by atoms with Gasteiger partial charge in [-0.25, -0.2) is 17.2 Å². The fourth-order valence-corrected chi connectivity index (χ4v) is 6.73. The van der Waals surface area contributed by atoms with Gasteiger partial charge in [-0.15, -0.1) is 0 Å². The van der Waals surface area contributed by atoms with Crippen LogP contribution in [0.4, 0.5) is 8.78 Å². The number of nitrogens with zero attached hydrogens (tertiary/aromatic N) is 2. The van der Waals surface area contributed by atoms with Crippen molar-refractivity contribution in [3.63, 3.8) is 0 Å². The Bertz CT molecular complexity index is 1300. The van der Waals surface area contributed by atoms with E-state index in [1.54, 1.807) is 25.3 Å². The molecule has 2 aliphatic carbocycles. The largest absolute Gasteiger partial charge is 0.381 e. The smallest absolute Gasteiger partial charge is 0.271 e. The van der Waals surface area contributed by atoms with Crippen LogP contribution in [-0.4, -0.2) is 43.3 Å². The first-order valence-electron chi connectivity index (χ1n) is 11.4. The van der Waals surface area contributed by atoms with E-state index in [0.29, 0.717) is 36.6 Å². The number of hydrogen-bond acceptors (Lipinski definition) is 6. The van der Waals surface area contributed by atoms with Gasteiger partial charge in [-0.3, -0.25) is 9.78 Å². The molecule has 2 fully saturated rings.